The number of hydrogen-bond acceptors (Lipinski definition) is 3. The molecule has 2 heterocycles. The maximum Gasteiger partial charge on any atom is 0.272 e. The second kappa shape index (κ2) is 5.55. The van der Waals surface area contributed by atoms with Crippen molar-refractivity contribution in [1.82, 2.24) is 4.57 Å². The van der Waals surface area contributed by atoms with Crippen molar-refractivity contribution in [2.45, 2.75) is 12.8 Å². The summed E-state index contributed by atoms with van der Waals surface area (Å²) in [5.74, 6) is -0.821. The molecule has 2 aromatic rings. The van der Waals surface area contributed by atoms with E-state index >= 15 is 0 Å². The third kappa shape index (κ3) is 2.67. The summed E-state index contributed by atoms with van der Waals surface area (Å²) in [5, 5.41) is 6.18. The average molecular weight is 298 g/mol. The summed E-state index contributed by atoms with van der Waals surface area (Å²) in [6.07, 6.45) is 3.72. The summed E-state index contributed by atoms with van der Waals surface area (Å²) in [4.78, 5) is 23.5. The number of nitrogens with one attached hydrogen (secondary N) is 2. The number of primary amides is 1. The molecule has 0 spiro atoms. The minimum Gasteiger partial charge on any atom is -0.385 e. The van der Waals surface area contributed by atoms with Crippen LogP contribution in [0.1, 0.15) is 32.8 Å². The zero-order chi connectivity index (χ0) is 15.7. The Bertz CT molecular complexity index is 749. The number of nitrogens with zero attached hydrogens (tertiary/aromatic N) is 1. The number of carbonyl (C=O) groups is 2. The van der Waals surface area contributed by atoms with E-state index in [4.69, 9.17) is 5.73 Å². The molecule has 0 bridgehead atoms. The molecule has 0 saturated heterocycles. The van der Waals surface area contributed by atoms with E-state index in [9.17, 15) is 9.59 Å². The van der Waals surface area contributed by atoms with Crippen molar-refractivity contribution in [3.05, 3.63) is 47.3 Å². The van der Waals surface area contributed by atoms with E-state index in [0.29, 0.717) is 11.3 Å². The van der Waals surface area contributed by atoms with Crippen molar-refractivity contribution in [3.63, 3.8) is 0 Å². The normalized spacial score (nSPS) is 13.1. The van der Waals surface area contributed by atoms with Crippen LogP contribution in [0.2, 0.25) is 0 Å². The first-order valence-corrected chi connectivity index (χ1v) is 7.19. The zero-order valence-corrected chi connectivity index (χ0v) is 12.3. The van der Waals surface area contributed by atoms with Crippen LogP contribution in [0.25, 0.3) is 0 Å². The number of nitrogens with two attached hydrogens (primary N) is 1. The molecule has 0 saturated carbocycles. The Morgan fingerprint density at radius 2 is 2.14 bits per heavy atom. The first-order chi connectivity index (χ1) is 10.5. The maximum atomic E-state index is 12.3. The van der Waals surface area contributed by atoms with Crippen LogP contribution in [0, 0.1) is 0 Å². The highest BCUT2D eigenvalue weighted by Crippen LogP contribution is 2.25. The van der Waals surface area contributed by atoms with Crippen LogP contribution < -0.4 is 16.4 Å². The van der Waals surface area contributed by atoms with E-state index in [0.717, 1.165) is 30.8 Å². The minimum atomic E-state index is -0.548. The van der Waals surface area contributed by atoms with Crippen LogP contribution in [0.4, 0.5) is 11.4 Å². The number of hydrogen-bond donors (Lipinski definition) is 3. The standard InChI is InChI=1S/C16H18N4O2/c1-20-9-11(15(17)21)7-14(20)16(22)19-12-5-4-10-3-2-6-18-13(10)8-12/h4-5,7-9,18H,2-3,6H2,1H3,(H2,17,21)(H,19,22). The smallest absolute Gasteiger partial charge is 0.272 e. The molecular weight excluding hydrogens is 280 g/mol. The largest absolute Gasteiger partial charge is 0.385 e. The Kier molecular flexibility index (Phi) is 3.58. The number of carbonyl (C=O) groups excluding carboxylic acids is 2. The molecule has 3 rings (SSSR count). The predicted octanol–water partition coefficient (Wildman–Crippen LogP) is 1.73. The van der Waals surface area contributed by atoms with Gasteiger partial charge in [0.2, 0.25) is 5.91 Å². The van der Waals surface area contributed by atoms with Crippen molar-refractivity contribution in [2.24, 2.45) is 12.8 Å². The molecule has 0 atom stereocenters. The van der Waals surface area contributed by atoms with Gasteiger partial charge in [-0.15, -0.1) is 0 Å². The molecule has 0 aliphatic carbocycles. The van der Waals surface area contributed by atoms with Gasteiger partial charge < -0.3 is 20.9 Å². The molecule has 6 heteroatoms. The molecule has 114 valence electrons. The number of fused-ring (bicyclic) bond motifs is 1. The van der Waals surface area contributed by atoms with Crippen molar-refractivity contribution in [3.8, 4) is 0 Å². The number of aromatic nitrogens is 1. The predicted molar refractivity (Wildman–Crippen MR) is 85.1 cm³/mol. The first kappa shape index (κ1) is 14.2. The quantitative estimate of drug-likeness (QED) is 0.806. The molecule has 0 unspecified atom stereocenters. The van der Waals surface area contributed by atoms with E-state index < -0.39 is 5.91 Å². The molecule has 0 radical (unpaired) electrons. The van der Waals surface area contributed by atoms with Crippen LogP contribution in [0.15, 0.2) is 30.5 Å². The summed E-state index contributed by atoms with van der Waals surface area (Å²) < 4.78 is 1.59. The fraction of sp³-hybridized carbons (Fsp3) is 0.250. The second-order valence-corrected chi connectivity index (χ2v) is 5.45. The van der Waals surface area contributed by atoms with E-state index in [2.05, 4.69) is 10.6 Å². The Labute approximate surface area is 128 Å². The van der Waals surface area contributed by atoms with Gasteiger partial charge in [0, 0.05) is 31.2 Å². The lowest BCUT2D eigenvalue weighted by atomic mass is 10.0. The van der Waals surface area contributed by atoms with E-state index in [-0.39, 0.29) is 5.91 Å². The second-order valence-electron chi connectivity index (χ2n) is 5.45. The number of amides is 2. The lowest BCUT2D eigenvalue weighted by molar-refractivity contribution is 0.0998. The van der Waals surface area contributed by atoms with Gasteiger partial charge in [-0.25, -0.2) is 0 Å². The molecule has 22 heavy (non-hydrogen) atoms. The molecule has 1 aromatic carbocycles. The van der Waals surface area contributed by atoms with Crippen LogP contribution in [0.5, 0.6) is 0 Å². The van der Waals surface area contributed by atoms with Gasteiger partial charge in [0.25, 0.3) is 5.91 Å². The van der Waals surface area contributed by atoms with E-state index in [1.165, 1.54) is 11.6 Å². The van der Waals surface area contributed by atoms with Crippen LogP contribution >= 0.6 is 0 Å². The Hall–Kier alpha value is -2.76. The first-order valence-electron chi connectivity index (χ1n) is 7.19. The van der Waals surface area contributed by atoms with Crippen molar-refractivity contribution >= 4 is 23.2 Å². The highest BCUT2D eigenvalue weighted by Gasteiger charge is 2.15. The molecular formula is C16H18N4O2. The van der Waals surface area contributed by atoms with E-state index in [1.54, 1.807) is 17.8 Å². The van der Waals surface area contributed by atoms with Gasteiger partial charge in [-0.05, 0) is 36.6 Å². The number of rotatable bonds is 3. The Balaban J connectivity index is 1.81. The molecule has 4 N–H and O–H groups in total. The highest BCUT2D eigenvalue weighted by molar-refractivity contribution is 6.05. The zero-order valence-electron chi connectivity index (χ0n) is 12.3. The lowest BCUT2D eigenvalue weighted by Gasteiger charge is -2.18. The Morgan fingerprint density at radius 1 is 1.32 bits per heavy atom. The number of anilines is 2. The third-order valence-corrected chi connectivity index (χ3v) is 3.83. The van der Waals surface area contributed by atoms with Crippen LogP contribution in [-0.4, -0.2) is 22.9 Å². The topological polar surface area (TPSA) is 89.2 Å². The number of aryl methyl sites for hydroxylation is 2. The molecule has 6 nitrogen and oxygen atoms in total. The van der Waals surface area contributed by atoms with Crippen LogP contribution in [0.3, 0.4) is 0 Å². The maximum absolute atomic E-state index is 12.3. The van der Waals surface area contributed by atoms with Crippen LogP contribution in [-0.2, 0) is 13.5 Å². The SMILES string of the molecule is Cn1cc(C(N)=O)cc1C(=O)Nc1ccc2c(c1)NCCC2. The van der Waals surface area contributed by atoms with Gasteiger partial charge in [0.1, 0.15) is 5.69 Å². The van der Waals surface area contributed by atoms with Gasteiger partial charge in [0.05, 0.1) is 5.56 Å². The monoisotopic (exact) mass is 298 g/mol. The van der Waals surface area contributed by atoms with Gasteiger partial charge in [-0.2, -0.15) is 0 Å². The highest BCUT2D eigenvalue weighted by atomic mass is 16.2. The van der Waals surface area contributed by atoms with E-state index in [1.807, 2.05) is 18.2 Å². The minimum absolute atomic E-state index is 0.272. The number of benzene rings is 1. The fourth-order valence-corrected chi connectivity index (χ4v) is 2.66. The lowest BCUT2D eigenvalue weighted by Crippen LogP contribution is -2.16. The van der Waals surface area contributed by atoms with Crippen molar-refractivity contribution in [2.75, 3.05) is 17.2 Å². The summed E-state index contributed by atoms with van der Waals surface area (Å²) in [6.45, 7) is 0.949. The average Bonchev–Trinajstić information content (AvgIpc) is 2.89. The summed E-state index contributed by atoms with van der Waals surface area (Å²) >= 11 is 0. The molecule has 1 aliphatic rings. The summed E-state index contributed by atoms with van der Waals surface area (Å²) in [7, 11) is 1.70. The van der Waals surface area contributed by atoms with Crippen molar-refractivity contribution < 1.29 is 9.59 Å². The fourth-order valence-electron chi connectivity index (χ4n) is 2.66. The van der Waals surface area contributed by atoms with Crippen molar-refractivity contribution in [1.29, 1.82) is 0 Å². The third-order valence-electron chi connectivity index (χ3n) is 3.83. The summed E-state index contributed by atoms with van der Waals surface area (Å²) in [5.41, 5.74) is 8.99. The molecule has 0 fully saturated rings. The molecule has 2 amide bonds. The van der Waals surface area contributed by atoms with Gasteiger partial charge in [-0.1, -0.05) is 6.07 Å². The van der Waals surface area contributed by atoms with Gasteiger partial charge >= 0.3 is 0 Å². The Morgan fingerprint density at radius 3 is 2.86 bits per heavy atom. The van der Waals surface area contributed by atoms with Gasteiger partial charge in [0.15, 0.2) is 0 Å². The summed E-state index contributed by atoms with van der Waals surface area (Å²) in [6, 6.07) is 7.34. The van der Waals surface area contributed by atoms with Gasteiger partial charge in [-0.3, -0.25) is 9.59 Å². The molecule has 1 aliphatic heterocycles. The molecule has 1 aromatic heterocycles.